The Morgan fingerprint density at radius 2 is 1.73 bits per heavy atom. The number of rotatable bonds is 5. The molecule has 1 saturated heterocycles. The molecule has 1 aromatic heterocycles. The number of sulfonamides is 1. The molecule has 1 fully saturated rings. The Labute approximate surface area is 198 Å². The number of carbonyl (C=O) groups excluding carboxylic acids is 1. The van der Waals surface area contributed by atoms with Crippen molar-refractivity contribution in [2.45, 2.75) is 43.4 Å². The lowest BCUT2D eigenvalue weighted by Gasteiger charge is -2.26. The van der Waals surface area contributed by atoms with Gasteiger partial charge in [-0.25, -0.2) is 13.1 Å². The average molecular weight is 485 g/mol. The lowest BCUT2D eigenvalue weighted by atomic mass is 10.2. The maximum Gasteiger partial charge on any atom is 0.256 e. The molecule has 9 heteroatoms. The van der Waals surface area contributed by atoms with E-state index in [1.807, 2.05) is 30.3 Å². The molecule has 0 radical (unpaired) electrons. The van der Waals surface area contributed by atoms with Crippen LogP contribution in [-0.2, 0) is 22.9 Å². The number of aromatic nitrogens is 2. The number of hydrogen-bond acceptors (Lipinski definition) is 4. The largest absolute Gasteiger partial charge is 0.306 e. The fraction of sp³-hybridized carbons (Fsp3) is 0.333. The second-order valence-corrected chi connectivity index (χ2v) is 10.8. The van der Waals surface area contributed by atoms with Gasteiger partial charge in [0.1, 0.15) is 10.7 Å². The molecule has 33 heavy (non-hydrogen) atoms. The Kier molecular flexibility index (Phi) is 5.99. The van der Waals surface area contributed by atoms with Gasteiger partial charge < -0.3 is 5.32 Å². The molecule has 2 aliphatic rings. The van der Waals surface area contributed by atoms with Crippen molar-refractivity contribution in [3.05, 3.63) is 70.4 Å². The minimum Gasteiger partial charge on any atom is -0.306 e. The Morgan fingerprint density at radius 3 is 2.48 bits per heavy atom. The molecule has 0 unspecified atom stereocenters. The van der Waals surface area contributed by atoms with Crippen LogP contribution < -0.4 is 5.32 Å². The van der Waals surface area contributed by atoms with Crippen molar-refractivity contribution < 1.29 is 13.2 Å². The van der Waals surface area contributed by atoms with Crippen molar-refractivity contribution in [3.63, 3.8) is 0 Å². The number of halogens is 1. The molecular formula is C24H25ClN4O3S. The number of nitrogens with one attached hydrogen (secondary N) is 1. The number of carbonyl (C=O) groups is 1. The first kappa shape index (κ1) is 22.1. The van der Waals surface area contributed by atoms with Gasteiger partial charge in [-0.3, -0.25) is 4.79 Å². The van der Waals surface area contributed by atoms with E-state index < -0.39 is 15.9 Å². The highest BCUT2D eigenvalue weighted by Gasteiger charge is 2.29. The summed E-state index contributed by atoms with van der Waals surface area (Å²) in [6.07, 6.45) is 5.37. The fourth-order valence-corrected chi connectivity index (χ4v) is 6.56. The molecule has 0 atom stereocenters. The zero-order valence-electron chi connectivity index (χ0n) is 18.1. The molecule has 0 spiro atoms. The van der Waals surface area contributed by atoms with Gasteiger partial charge in [-0.1, -0.05) is 36.2 Å². The first-order valence-corrected chi connectivity index (χ1v) is 13.0. The van der Waals surface area contributed by atoms with Crippen molar-refractivity contribution in [3.8, 4) is 5.69 Å². The van der Waals surface area contributed by atoms with E-state index in [-0.39, 0.29) is 15.5 Å². The number of amides is 1. The maximum atomic E-state index is 13.3. The van der Waals surface area contributed by atoms with E-state index in [0.717, 1.165) is 55.5 Å². The smallest absolute Gasteiger partial charge is 0.256 e. The Morgan fingerprint density at radius 1 is 0.970 bits per heavy atom. The molecule has 1 aliphatic carbocycles. The molecule has 2 aromatic carbocycles. The summed E-state index contributed by atoms with van der Waals surface area (Å²) in [5.74, 6) is 0.239. The molecule has 2 heterocycles. The SMILES string of the molecule is O=C(Nc1c2c(nn1-c1ccccc1)CCC2)c1ccc(Cl)c(S(=O)(=O)N2CCCCC2)c1. The molecule has 5 rings (SSSR count). The van der Waals surface area contributed by atoms with Gasteiger partial charge in [0, 0.05) is 24.2 Å². The van der Waals surface area contributed by atoms with Gasteiger partial charge in [0.05, 0.1) is 16.4 Å². The third-order valence-corrected chi connectivity index (χ3v) is 8.65. The zero-order chi connectivity index (χ0) is 23.0. The maximum absolute atomic E-state index is 13.3. The number of benzene rings is 2. The number of anilines is 1. The summed E-state index contributed by atoms with van der Waals surface area (Å²) in [5, 5.41) is 7.83. The number of para-hydroxylation sites is 1. The number of hydrogen-bond donors (Lipinski definition) is 1. The van der Waals surface area contributed by atoms with Crippen molar-refractivity contribution in [1.29, 1.82) is 0 Å². The highest BCUT2D eigenvalue weighted by molar-refractivity contribution is 7.89. The van der Waals surface area contributed by atoms with Gasteiger partial charge in [-0.05, 0) is 62.4 Å². The first-order chi connectivity index (χ1) is 15.9. The normalized spacial score (nSPS) is 16.5. The van der Waals surface area contributed by atoms with Crippen LogP contribution in [0.5, 0.6) is 0 Å². The van der Waals surface area contributed by atoms with Gasteiger partial charge in [0.2, 0.25) is 10.0 Å². The summed E-state index contributed by atoms with van der Waals surface area (Å²) in [4.78, 5) is 13.2. The van der Waals surface area contributed by atoms with Gasteiger partial charge in [-0.2, -0.15) is 9.40 Å². The molecule has 1 aliphatic heterocycles. The number of piperidine rings is 1. The monoisotopic (exact) mass is 484 g/mol. The minimum atomic E-state index is -3.77. The molecular weight excluding hydrogens is 460 g/mol. The van der Waals surface area contributed by atoms with Crippen LogP contribution in [0.3, 0.4) is 0 Å². The van der Waals surface area contributed by atoms with Crippen LogP contribution in [0.15, 0.2) is 53.4 Å². The Bertz CT molecular complexity index is 1300. The molecule has 0 bridgehead atoms. The second kappa shape index (κ2) is 8.93. The van der Waals surface area contributed by atoms with Gasteiger partial charge in [0.15, 0.2) is 0 Å². The predicted octanol–water partition coefficient (Wildman–Crippen LogP) is 4.44. The van der Waals surface area contributed by atoms with Crippen LogP contribution in [0.25, 0.3) is 5.69 Å². The quantitative estimate of drug-likeness (QED) is 0.580. The van der Waals surface area contributed by atoms with E-state index in [1.165, 1.54) is 16.4 Å². The van der Waals surface area contributed by atoms with E-state index in [1.54, 1.807) is 10.7 Å². The van der Waals surface area contributed by atoms with Crippen LogP contribution >= 0.6 is 11.6 Å². The van der Waals surface area contributed by atoms with Crippen molar-refractivity contribution in [2.75, 3.05) is 18.4 Å². The number of fused-ring (bicyclic) bond motifs is 1. The summed E-state index contributed by atoms with van der Waals surface area (Å²) in [6, 6.07) is 14.0. The second-order valence-electron chi connectivity index (χ2n) is 8.44. The van der Waals surface area contributed by atoms with Crippen LogP contribution in [0.4, 0.5) is 5.82 Å². The lowest BCUT2D eigenvalue weighted by molar-refractivity contribution is 0.102. The molecule has 3 aromatic rings. The van der Waals surface area contributed by atoms with E-state index in [9.17, 15) is 13.2 Å². The van der Waals surface area contributed by atoms with Crippen molar-refractivity contribution in [2.24, 2.45) is 0 Å². The summed E-state index contributed by atoms with van der Waals surface area (Å²) < 4.78 is 29.6. The van der Waals surface area contributed by atoms with Gasteiger partial charge in [0.25, 0.3) is 5.91 Å². The first-order valence-electron chi connectivity index (χ1n) is 11.2. The Balaban J connectivity index is 1.48. The van der Waals surface area contributed by atoms with E-state index in [2.05, 4.69) is 5.32 Å². The zero-order valence-corrected chi connectivity index (χ0v) is 19.7. The summed E-state index contributed by atoms with van der Waals surface area (Å²) in [7, 11) is -3.77. The highest BCUT2D eigenvalue weighted by atomic mass is 35.5. The third-order valence-electron chi connectivity index (χ3n) is 6.27. The van der Waals surface area contributed by atoms with Gasteiger partial charge in [-0.15, -0.1) is 0 Å². The van der Waals surface area contributed by atoms with Crippen molar-refractivity contribution >= 4 is 33.3 Å². The van der Waals surface area contributed by atoms with Crippen LogP contribution in [0.2, 0.25) is 5.02 Å². The summed E-state index contributed by atoms with van der Waals surface area (Å²) >= 11 is 6.28. The predicted molar refractivity (Wildman–Crippen MR) is 128 cm³/mol. The topological polar surface area (TPSA) is 84.3 Å². The van der Waals surface area contributed by atoms with E-state index >= 15 is 0 Å². The molecule has 172 valence electrons. The summed E-state index contributed by atoms with van der Waals surface area (Å²) in [6.45, 7) is 0.939. The van der Waals surface area contributed by atoms with Crippen LogP contribution in [0, 0.1) is 0 Å². The highest BCUT2D eigenvalue weighted by Crippen LogP contribution is 2.32. The average Bonchev–Trinajstić information content (AvgIpc) is 3.43. The Hall–Kier alpha value is -2.68. The lowest BCUT2D eigenvalue weighted by Crippen LogP contribution is -2.35. The fourth-order valence-electron chi connectivity index (χ4n) is 4.54. The van der Waals surface area contributed by atoms with Crippen molar-refractivity contribution in [1.82, 2.24) is 14.1 Å². The third kappa shape index (κ3) is 4.18. The standard InChI is InChI=1S/C24H25ClN4O3S/c25-20-13-12-17(16-22(20)33(31,32)28-14-5-2-6-15-28)24(30)26-23-19-10-7-11-21(19)27-29(23)18-8-3-1-4-9-18/h1,3-4,8-9,12-13,16H,2,5-7,10-11,14-15H2,(H,26,30). The molecule has 1 amide bonds. The number of aryl methyl sites for hydroxylation is 1. The molecule has 0 saturated carbocycles. The van der Waals surface area contributed by atoms with Crippen LogP contribution in [0.1, 0.15) is 47.3 Å². The molecule has 7 nitrogen and oxygen atoms in total. The molecule has 1 N–H and O–H groups in total. The van der Waals surface area contributed by atoms with E-state index in [0.29, 0.717) is 18.9 Å². The van der Waals surface area contributed by atoms with Gasteiger partial charge >= 0.3 is 0 Å². The van der Waals surface area contributed by atoms with E-state index in [4.69, 9.17) is 16.7 Å². The summed E-state index contributed by atoms with van der Waals surface area (Å²) in [5.41, 5.74) is 3.11. The van der Waals surface area contributed by atoms with Crippen LogP contribution in [-0.4, -0.2) is 41.5 Å². The number of nitrogens with zero attached hydrogens (tertiary/aromatic N) is 3. The minimum absolute atomic E-state index is 0.0273.